The minimum Gasteiger partial charge on any atom is -0.478 e. The fourth-order valence-corrected chi connectivity index (χ4v) is 6.83. The van der Waals surface area contributed by atoms with Crippen LogP contribution in [0.4, 0.5) is 4.79 Å². The number of carboxylic acid groups (broad SMARTS) is 1. The number of aromatic carboxylic acids is 1. The molecule has 2 aromatic carbocycles. The maximum atomic E-state index is 12.5. The molecule has 3 aliphatic rings. The highest BCUT2D eigenvalue weighted by Gasteiger charge is 2.31. The molecule has 1 aliphatic carbocycles. The third-order valence-electron chi connectivity index (χ3n) is 9.70. The minimum absolute atomic E-state index is 0.239. The molecule has 1 fully saturated rings. The van der Waals surface area contributed by atoms with E-state index in [0.29, 0.717) is 48.2 Å². The summed E-state index contributed by atoms with van der Waals surface area (Å²) in [5, 5.41) is 14.2. The van der Waals surface area contributed by atoms with Crippen molar-refractivity contribution in [3.8, 4) is 22.6 Å². The molecule has 1 N–H and O–H groups in total. The van der Waals surface area contributed by atoms with Crippen molar-refractivity contribution in [3.63, 3.8) is 0 Å². The van der Waals surface area contributed by atoms with Crippen LogP contribution in [0.2, 0.25) is 0 Å². The summed E-state index contributed by atoms with van der Waals surface area (Å²) in [6, 6.07) is 14.0. The Morgan fingerprint density at radius 3 is 2.19 bits per heavy atom. The van der Waals surface area contributed by atoms with Gasteiger partial charge in [-0.05, 0) is 117 Å². The molecular formula is C38H46N4O5. The highest BCUT2D eigenvalue weighted by Crippen LogP contribution is 2.38. The van der Waals surface area contributed by atoms with E-state index in [2.05, 4.69) is 30.0 Å². The zero-order valence-corrected chi connectivity index (χ0v) is 28.2. The Balaban J connectivity index is 1.13. The Bertz CT molecular complexity index is 1690. The highest BCUT2D eigenvalue weighted by molar-refractivity contribution is 5.95. The standard InChI is InChI=1S/C38H46N4O5/c1-37(2,3)46-36(45)42-22-14-26(15-23-42)32-24-29(10-11-31(32)35(43)44)25-6-8-28(9-7-25)34-39-33(40-47-34)27-16-20-41(21-17-27)30-12-18-38(4,5)19-13-30/h6-11,14,16,24,30H,12-13,15,17-23H2,1-5H3,(H,43,44). The maximum absolute atomic E-state index is 12.5. The number of hydrogen-bond donors (Lipinski definition) is 1. The Morgan fingerprint density at radius 2 is 1.57 bits per heavy atom. The lowest BCUT2D eigenvalue weighted by Gasteiger charge is -2.41. The van der Waals surface area contributed by atoms with Crippen LogP contribution in [0.1, 0.15) is 94.9 Å². The average molecular weight is 639 g/mol. The summed E-state index contributed by atoms with van der Waals surface area (Å²) in [7, 11) is 0. The van der Waals surface area contributed by atoms with Gasteiger partial charge in [0.25, 0.3) is 5.89 Å². The number of hydrogen-bond acceptors (Lipinski definition) is 7. The quantitative estimate of drug-likeness (QED) is 0.288. The summed E-state index contributed by atoms with van der Waals surface area (Å²) in [6.07, 6.45) is 10.4. The number of carbonyl (C=O) groups excluding carboxylic acids is 1. The monoisotopic (exact) mass is 638 g/mol. The van der Waals surface area contributed by atoms with Gasteiger partial charge < -0.3 is 19.3 Å². The van der Waals surface area contributed by atoms with E-state index < -0.39 is 11.6 Å². The van der Waals surface area contributed by atoms with Gasteiger partial charge in [-0.15, -0.1) is 0 Å². The first-order valence-electron chi connectivity index (χ1n) is 16.8. The van der Waals surface area contributed by atoms with Crippen LogP contribution in [-0.4, -0.2) is 74.9 Å². The van der Waals surface area contributed by atoms with E-state index in [1.54, 1.807) is 11.0 Å². The predicted octanol–water partition coefficient (Wildman–Crippen LogP) is 8.18. The normalized spacial score (nSPS) is 19.2. The van der Waals surface area contributed by atoms with Gasteiger partial charge in [0, 0.05) is 37.8 Å². The lowest BCUT2D eigenvalue weighted by atomic mass is 9.75. The van der Waals surface area contributed by atoms with Crippen molar-refractivity contribution < 1.29 is 24.0 Å². The molecule has 1 saturated carbocycles. The second-order valence-electron chi connectivity index (χ2n) is 14.8. The van der Waals surface area contributed by atoms with E-state index in [-0.39, 0.29) is 11.7 Å². The molecular weight excluding hydrogens is 592 g/mol. The van der Waals surface area contributed by atoms with Gasteiger partial charge in [-0.25, -0.2) is 9.59 Å². The Hall–Kier alpha value is -4.24. The third kappa shape index (κ3) is 7.67. The number of amides is 1. The molecule has 9 nitrogen and oxygen atoms in total. The van der Waals surface area contributed by atoms with E-state index in [0.717, 1.165) is 47.3 Å². The molecule has 6 rings (SSSR count). The minimum atomic E-state index is -0.983. The van der Waals surface area contributed by atoms with Crippen LogP contribution in [0.3, 0.4) is 0 Å². The van der Waals surface area contributed by atoms with Crippen LogP contribution in [0.25, 0.3) is 33.7 Å². The molecule has 3 heterocycles. The SMILES string of the molecule is CC1(C)CCC(N2CC=C(c3noc(-c4ccc(-c5ccc(C(=O)O)c(C6=CCN(C(=O)OC(C)(C)C)CC6)c5)cc4)n3)CC2)CC1. The summed E-state index contributed by atoms with van der Waals surface area (Å²) >= 11 is 0. The van der Waals surface area contributed by atoms with Crippen molar-refractivity contribution >= 4 is 23.2 Å². The number of ether oxygens (including phenoxy) is 1. The van der Waals surface area contributed by atoms with Gasteiger partial charge in [-0.3, -0.25) is 4.90 Å². The average Bonchev–Trinajstić information content (AvgIpc) is 3.54. The molecule has 0 bridgehead atoms. The first-order chi connectivity index (χ1) is 22.3. The molecule has 3 aromatic rings. The number of aromatic nitrogens is 2. The smallest absolute Gasteiger partial charge is 0.410 e. The molecule has 0 saturated heterocycles. The van der Waals surface area contributed by atoms with Crippen LogP contribution in [0, 0.1) is 5.41 Å². The van der Waals surface area contributed by atoms with Crippen LogP contribution in [0.15, 0.2) is 59.1 Å². The van der Waals surface area contributed by atoms with E-state index >= 15 is 0 Å². The van der Waals surface area contributed by atoms with Gasteiger partial charge in [0.1, 0.15) is 5.60 Å². The zero-order valence-electron chi connectivity index (χ0n) is 28.2. The van der Waals surface area contributed by atoms with Crippen molar-refractivity contribution in [1.82, 2.24) is 19.9 Å². The fraction of sp³-hybridized carbons (Fsp3) is 0.474. The Labute approximate surface area is 277 Å². The van der Waals surface area contributed by atoms with E-state index in [9.17, 15) is 14.7 Å². The first kappa shape index (κ1) is 32.7. The second-order valence-corrected chi connectivity index (χ2v) is 14.8. The maximum Gasteiger partial charge on any atom is 0.410 e. The summed E-state index contributed by atoms with van der Waals surface area (Å²) in [6.45, 7) is 13.1. The summed E-state index contributed by atoms with van der Waals surface area (Å²) in [4.78, 5) is 33.6. The molecule has 1 aromatic heterocycles. The van der Waals surface area contributed by atoms with Crippen molar-refractivity contribution in [2.45, 2.75) is 84.8 Å². The summed E-state index contributed by atoms with van der Waals surface area (Å²) in [5.41, 5.74) is 5.52. The van der Waals surface area contributed by atoms with E-state index in [4.69, 9.17) is 14.2 Å². The predicted molar refractivity (Wildman–Crippen MR) is 183 cm³/mol. The second kappa shape index (κ2) is 13.1. The lowest BCUT2D eigenvalue weighted by molar-refractivity contribution is 0.0270. The molecule has 47 heavy (non-hydrogen) atoms. The molecule has 248 valence electrons. The third-order valence-corrected chi connectivity index (χ3v) is 9.70. The van der Waals surface area contributed by atoms with Crippen molar-refractivity contribution in [2.75, 3.05) is 26.2 Å². The van der Waals surface area contributed by atoms with Crippen LogP contribution in [-0.2, 0) is 4.74 Å². The van der Waals surface area contributed by atoms with Gasteiger partial charge in [-0.1, -0.05) is 49.4 Å². The lowest BCUT2D eigenvalue weighted by Crippen LogP contribution is -2.41. The zero-order chi connectivity index (χ0) is 33.3. The number of nitrogens with zero attached hydrogens (tertiary/aromatic N) is 4. The van der Waals surface area contributed by atoms with Gasteiger partial charge in [0.05, 0.1) is 5.56 Å². The van der Waals surface area contributed by atoms with Crippen molar-refractivity contribution in [3.05, 3.63) is 71.6 Å². The van der Waals surface area contributed by atoms with Gasteiger partial charge in [0.2, 0.25) is 0 Å². The van der Waals surface area contributed by atoms with E-state index in [1.807, 2.05) is 63.2 Å². The first-order valence-corrected chi connectivity index (χ1v) is 16.8. The highest BCUT2D eigenvalue weighted by atomic mass is 16.6. The summed E-state index contributed by atoms with van der Waals surface area (Å²) < 4.78 is 11.2. The van der Waals surface area contributed by atoms with Crippen molar-refractivity contribution in [1.29, 1.82) is 0 Å². The Morgan fingerprint density at radius 1 is 0.915 bits per heavy atom. The molecule has 0 atom stereocenters. The van der Waals surface area contributed by atoms with E-state index in [1.165, 1.54) is 25.7 Å². The van der Waals surface area contributed by atoms with Crippen LogP contribution in [0.5, 0.6) is 0 Å². The fourth-order valence-electron chi connectivity index (χ4n) is 6.83. The molecule has 0 unspecified atom stereocenters. The number of rotatable bonds is 6. The Kier molecular flexibility index (Phi) is 9.12. The molecule has 9 heteroatoms. The number of carboxylic acids is 1. The number of carbonyl (C=O) groups is 2. The van der Waals surface area contributed by atoms with Gasteiger partial charge in [0.15, 0.2) is 5.82 Å². The largest absolute Gasteiger partial charge is 0.478 e. The number of benzene rings is 2. The van der Waals surface area contributed by atoms with Crippen LogP contribution < -0.4 is 0 Å². The molecule has 0 radical (unpaired) electrons. The van der Waals surface area contributed by atoms with Gasteiger partial charge in [-0.2, -0.15) is 4.98 Å². The molecule has 2 aliphatic heterocycles. The summed E-state index contributed by atoms with van der Waals surface area (Å²) in [5.74, 6) is 0.157. The van der Waals surface area contributed by atoms with Crippen LogP contribution >= 0.6 is 0 Å². The molecule has 0 spiro atoms. The topological polar surface area (TPSA) is 109 Å². The van der Waals surface area contributed by atoms with Crippen molar-refractivity contribution in [2.24, 2.45) is 5.41 Å². The molecule has 1 amide bonds. The van der Waals surface area contributed by atoms with Gasteiger partial charge >= 0.3 is 12.1 Å².